The number of hydrogen-bond donors (Lipinski definition) is 0. The van der Waals surface area contributed by atoms with E-state index in [1.54, 1.807) is 6.20 Å². The van der Waals surface area contributed by atoms with E-state index in [4.69, 9.17) is 4.74 Å². The molecule has 1 aromatic heterocycles. The minimum Gasteiger partial charge on any atom is -0.489 e. The second-order valence-electron chi connectivity index (χ2n) is 3.44. The molecule has 2 heteroatoms. The first-order chi connectivity index (χ1) is 5.95. The van der Waals surface area contributed by atoms with Gasteiger partial charge in [-0.1, -0.05) is 0 Å². The zero-order valence-corrected chi connectivity index (χ0v) is 6.73. The van der Waals surface area contributed by atoms with Crippen LogP contribution in [0.5, 0.6) is 5.75 Å². The van der Waals surface area contributed by atoms with Gasteiger partial charge in [-0.25, -0.2) is 0 Å². The summed E-state index contributed by atoms with van der Waals surface area (Å²) in [7, 11) is 0. The number of rotatable bonds is 0. The Bertz CT molecular complexity index is 310. The van der Waals surface area contributed by atoms with Gasteiger partial charge >= 0.3 is 0 Å². The maximum absolute atomic E-state index is 5.76. The van der Waals surface area contributed by atoms with Gasteiger partial charge in [-0.2, -0.15) is 0 Å². The van der Waals surface area contributed by atoms with Crippen molar-refractivity contribution in [1.29, 1.82) is 0 Å². The molecule has 0 bridgehead atoms. The zero-order valence-electron chi connectivity index (χ0n) is 6.73. The van der Waals surface area contributed by atoms with Crippen molar-refractivity contribution < 1.29 is 4.74 Å². The smallest absolute Gasteiger partial charge is 0.126 e. The maximum atomic E-state index is 5.76. The summed E-state index contributed by atoms with van der Waals surface area (Å²) in [6, 6.07) is 1.97. The van der Waals surface area contributed by atoms with Gasteiger partial charge in [-0.15, -0.1) is 0 Å². The Balaban J connectivity index is 2.09. The Morgan fingerprint density at radius 3 is 3.42 bits per heavy atom. The van der Waals surface area contributed by atoms with Gasteiger partial charge in [0.05, 0.1) is 0 Å². The predicted octanol–water partition coefficient (Wildman–Crippen LogP) is 1.92. The van der Waals surface area contributed by atoms with E-state index in [-0.39, 0.29) is 0 Å². The van der Waals surface area contributed by atoms with Crippen LogP contribution in [-0.2, 0) is 0 Å². The largest absolute Gasteiger partial charge is 0.489 e. The van der Waals surface area contributed by atoms with Crippen LogP contribution in [0.2, 0.25) is 0 Å². The Labute approximate surface area is 71.6 Å². The molecule has 0 spiro atoms. The van der Waals surface area contributed by atoms with Crippen molar-refractivity contribution in [2.45, 2.75) is 24.9 Å². The molecule has 1 aliphatic heterocycles. The summed E-state index contributed by atoms with van der Waals surface area (Å²) >= 11 is 0. The van der Waals surface area contributed by atoms with E-state index < -0.39 is 0 Å². The monoisotopic (exact) mass is 160 g/mol. The molecule has 2 aliphatic rings. The molecule has 3 rings (SSSR count). The van der Waals surface area contributed by atoms with Gasteiger partial charge in [0.25, 0.3) is 0 Å². The third-order valence-corrected chi connectivity index (χ3v) is 2.76. The number of ether oxygens (including phenoxy) is 1. The van der Waals surface area contributed by atoms with Crippen LogP contribution in [0, 0.1) is 6.42 Å². The van der Waals surface area contributed by atoms with Crippen LogP contribution < -0.4 is 4.74 Å². The van der Waals surface area contributed by atoms with E-state index in [9.17, 15) is 0 Å². The van der Waals surface area contributed by atoms with Crippen molar-refractivity contribution in [3.63, 3.8) is 0 Å². The van der Waals surface area contributed by atoms with E-state index in [0.717, 1.165) is 18.6 Å². The molecule has 1 aliphatic carbocycles. The molecule has 2 heterocycles. The van der Waals surface area contributed by atoms with Gasteiger partial charge in [0.15, 0.2) is 0 Å². The van der Waals surface area contributed by atoms with Crippen LogP contribution in [0.3, 0.4) is 0 Å². The molecule has 0 aromatic carbocycles. The number of aromatic nitrogens is 1. The molecule has 0 N–H and O–H groups in total. The lowest BCUT2D eigenvalue weighted by Gasteiger charge is -2.06. The molecule has 1 fully saturated rings. The van der Waals surface area contributed by atoms with Crippen LogP contribution in [0.25, 0.3) is 0 Å². The second-order valence-corrected chi connectivity index (χ2v) is 3.44. The normalized spacial score (nSPS) is 31.0. The van der Waals surface area contributed by atoms with Crippen molar-refractivity contribution in [2.24, 2.45) is 0 Å². The molecular formula is C10H10NO. The highest BCUT2D eigenvalue weighted by Crippen LogP contribution is 2.45. The molecule has 1 radical (unpaired) electrons. The van der Waals surface area contributed by atoms with E-state index in [1.807, 2.05) is 12.3 Å². The fraction of sp³-hybridized carbons (Fsp3) is 0.400. The summed E-state index contributed by atoms with van der Waals surface area (Å²) in [5.41, 5.74) is 1.30. The van der Waals surface area contributed by atoms with Gasteiger partial charge in [0.1, 0.15) is 11.9 Å². The molecule has 1 saturated carbocycles. The minimum absolute atomic E-state index is 0.407. The van der Waals surface area contributed by atoms with Crippen molar-refractivity contribution in [3.05, 3.63) is 30.4 Å². The van der Waals surface area contributed by atoms with Crippen molar-refractivity contribution in [1.82, 2.24) is 4.98 Å². The van der Waals surface area contributed by atoms with E-state index >= 15 is 0 Å². The lowest BCUT2D eigenvalue weighted by Crippen LogP contribution is -2.10. The molecule has 12 heavy (non-hydrogen) atoms. The van der Waals surface area contributed by atoms with Crippen LogP contribution in [-0.4, -0.2) is 11.1 Å². The molecule has 2 atom stereocenters. The Morgan fingerprint density at radius 2 is 2.42 bits per heavy atom. The fourth-order valence-electron chi connectivity index (χ4n) is 2.16. The SMILES string of the molecule is [CH]1CC2Oc3ccncc3C2C1. The summed E-state index contributed by atoms with van der Waals surface area (Å²) < 4.78 is 5.76. The van der Waals surface area contributed by atoms with Gasteiger partial charge in [0.2, 0.25) is 0 Å². The first-order valence-electron chi connectivity index (χ1n) is 4.37. The highest BCUT2D eigenvalue weighted by atomic mass is 16.5. The third-order valence-electron chi connectivity index (χ3n) is 2.76. The molecular weight excluding hydrogens is 150 g/mol. The maximum Gasteiger partial charge on any atom is 0.126 e. The number of nitrogens with zero attached hydrogens (tertiary/aromatic N) is 1. The van der Waals surface area contributed by atoms with Gasteiger partial charge < -0.3 is 4.74 Å². The minimum atomic E-state index is 0.407. The van der Waals surface area contributed by atoms with Crippen LogP contribution in [0.4, 0.5) is 0 Å². The van der Waals surface area contributed by atoms with Crippen molar-refractivity contribution in [3.8, 4) is 5.75 Å². The summed E-state index contributed by atoms with van der Waals surface area (Å²) in [6.45, 7) is 0. The van der Waals surface area contributed by atoms with Gasteiger partial charge in [0, 0.05) is 23.9 Å². The predicted molar refractivity (Wildman–Crippen MR) is 44.9 cm³/mol. The first-order valence-corrected chi connectivity index (χ1v) is 4.37. The Morgan fingerprint density at radius 1 is 1.42 bits per heavy atom. The number of pyridine rings is 1. The highest BCUT2D eigenvalue weighted by molar-refractivity contribution is 5.40. The molecule has 0 amide bonds. The van der Waals surface area contributed by atoms with Crippen molar-refractivity contribution in [2.75, 3.05) is 0 Å². The lowest BCUT2D eigenvalue weighted by molar-refractivity contribution is 0.228. The lowest BCUT2D eigenvalue weighted by atomic mass is 10.00. The summed E-state index contributed by atoms with van der Waals surface area (Å²) in [4.78, 5) is 4.12. The molecule has 2 nitrogen and oxygen atoms in total. The van der Waals surface area contributed by atoms with E-state index in [1.165, 1.54) is 5.56 Å². The summed E-state index contributed by atoms with van der Waals surface area (Å²) in [6.07, 6.45) is 8.71. The quantitative estimate of drug-likeness (QED) is 0.578. The zero-order chi connectivity index (χ0) is 7.97. The van der Waals surface area contributed by atoms with E-state index in [0.29, 0.717) is 12.0 Å². The van der Waals surface area contributed by atoms with Gasteiger partial charge in [-0.05, 0) is 25.3 Å². The Kier molecular flexibility index (Phi) is 1.20. The highest BCUT2D eigenvalue weighted by Gasteiger charge is 2.37. The van der Waals surface area contributed by atoms with E-state index in [2.05, 4.69) is 11.4 Å². The standard InChI is InChI=1S/C10H10NO/c1-2-7-8-6-11-5-4-10(8)12-9(7)3-1/h1,4-7,9H,2-3H2. The average Bonchev–Trinajstić information content (AvgIpc) is 2.62. The third kappa shape index (κ3) is 0.724. The molecule has 2 unspecified atom stereocenters. The molecule has 0 saturated heterocycles. The summed E-state index contributed by atoms with van der Waals surface area (Å²) in [5, 5.41) is 0. The molecule has 61 valence electrons. The average molecular weight is 160 g/mol. The van der Waals surface area contributed by atoms with Crippen LogP contribution in [0.1, 0.15) is 24.3 Å². The van der Waals surface area contributed by atoms with Crippen LogP contribution in [0.15, 0.2) is 18.5 Å². The topological polar surface area (TPSA) is 22.1 Å². The molecule has 1 aromatic rings. The summed E-state index contributed by atoms with van der Waals surface area (Å²) in [5.74, 6) is 1.64. The fourth-order valence-corrected chi connectivity index (χ4v) is 2.16. The Hall–Kier alpha value is -1.05. The van der Waals surface area contributed by atoms with Crippen LogP contribution >= 0.6 is 0 Å². The first kappa shape index (κ1) is 6.46. The number of fused-ring (bicyclic) bond motifs is 3. The number of hydrogen-bond acceptors (Lipinski definition) is 2. The van der Waals surface area contributed by atoms with Gasteiger partial charge in [-0.3, -0.25) is 4.98 Å². The van der Waals surface area contributed by atoms with Crippen molar-refractivity contribution >= 4 is 0 Å². The second kappa shape index (κ2) is 2.22.